The van der Waals surface area contributed by atoms with Crippen LogP contribution in [-0.2, 0) is 16.4 Å². The molecule has 0 amide bonds. The second kappa shape index (κ2) is 9.83. The van der Waals surface area contributed by atoms with E-state index in [1.54, 1.807) is 25.1 Å². The third kappa shape index (κ3) is 6.78. The Kier molecular flexibility index (Phi) is 9.34. The number of halogens is 1. The number of benzene rings is 1. The standard InChI is InChI=1S/C15H23N3O2S.HI/c1-5-9-17-15(16-6-2)18-11-13-7-8-14(12(3)10-13)21(4,19)20;/h5,7-8,10H,1,6,9,11H2,2-4H3,(H2,16,17,18);1H. The smallest absolute Gasteiger partial charge is 0.191 e. The van der Waals surface area contributed by atoms with Gasteiger partial charge in [-0.3, -0.25) is 0 Å². The minimum Gasteiger partial charge on any atom is -0.357 e. The van der Waals surface area contributed by atoms with E-state index in [1.165, 1.54) is 6.26 Å². The van der Waals surface area contributed by atoms with Gasteiger partial charge in [0.05, 0.1) is 11.4 Å². The molecule has 124 valence electrons. The molecule has 0 fully saturated rings. The maximum atomic E-state index is 11.6. The molecule has 0 unspecified atom stereocenters. The lowest BCUT2D eigenvalue weighted by atomic mass is 10.1. The molecule has 0 atom stereocenters. The zero-order valence-corrected chi connectivity index (χ0v) is 16.4. The van der Waals surface area contributed by atoms with Crippen molar-refractivity contribution in [3.8, 4) is 0 Å². The maximum Gasteiger partial charge on any atom is 0.191 e. The number of hydrogen-bond donors (Lipinski definition) is 2. The molecule has 22 heavy (non-hydrogen) atoms. The summed E-state index contributed by atoms with van der Waals surface area (Å²) in [5.74, 6) is 0.710. The number of nitrogens with one attached hydrogen (secondary N) is 2. The van der Waals surface area contributed by atoms with E-state index >= 15 is 0 Å². The van der Waals surface area contributed by atoms with Gasteiger partial charge < -0.3 is 10.6 Å². The van der Waals surface area contributed by atoms with Gasteiger partial charge in [0, 0.05) is 19.3 Å². The molecule has 0 aliphatic rings. The average Bonchev–Trinajstić information content (AvgIpc) is 2.40. The maximum absolute atomic E-state index is 11.6. The first-order chi connectivity index (χ1) is 9.88. The van der Waals surface area contributed by atoms with Crippen LogP contribution < -0.4 is 10.6 Å². The molecule has 1 aromatic carbocycles. The van der Waals surface area contributed by atoms with Crippen LogP contribution in [0.2, 0.25) is 0 Å². The third-order valence-corrected chi connectivity index (χ3v) is 4.07. The van der Waals surface area contributed by atoms with E-state index in [0.717, 1.165) is 17.7 Å². The summed E-state index contributed by atoms with van der Waals surface area (Å²) in [5.41, 5.74) is 1.71. The second-order valence-corrected chi connectivity index (χ2v) is 6.72. The van der Waals surface area contributed by atoms with Crippen LogP contribution in [0.25, 0.3) is 0 Å². The highest BCUT2D eigenvalue weighted by Gasteiger charge is 2.10. The van der Waals surface area contributed by atoms with Crippen molar-refractivity contribution in [2.75, 3.05) is 19.3 Å². The van der Waals surface area contributed by atoms with Gasteiger partial charge in [-0.15, -0.1) is 30.6 Å². The fourth-order valence-electron chi connectivity index (χ4n) is 1.91. The van der Waals surface area contributed by atoms with Crippen molar-refractivity contribution in [1.82, 2.24) is 10.6 Å². The molecule has 0 aliphatic heterocycles. The van der Waals surface area contributed by atoms with E-state index in [-0.39, 0.29) is 24.0 Å². The van der Waals surface area contributed by atoms with E-state index < -0.39 is 9.84 Å². The predicted molar refractivity (Wildman–Crippen MR) is 103 cm³/mol. The normalized spacial score (nSPS) is 11.5. The van der Waals surface area contributed by atoms with Gasteiger partial charge in [-0.25, -0.2) is 13.4 Å². The van der Waals surface area contributed by atoms with Crippen molar-refractivity contribution in [2.45, 2.75) is 25.3 Å². The van der Waals surface area contributed by atoms with Crippen LogP contribution in [-0.4, -0.2) is 33.7 Å². The summed E-state index contributed by atoms with van der Waals surface area (Å²) in [6, 6.07) is 5.29. The van der Waals surface area contributed by atoms with E-state index in [1.807, 2.05) is 13.0 Å². The van der Waals surface area contributed by atoms with Gasteiger partial charge >= 0.3 is 0 Å². The molecule has 0 saturated carbocycles. The molecule has 0 saturated heterocycles. The molecule has 7 heteroatoms. The quantitative estimate of drug-likeness (QED) is 0.310. The highest BCUT2D eigenvalue weighted by Crippen LogP contribution is 2.17. The van der Waals surface area contributed by atoms with Crippen molar-refractivity contribution in [3.05, 3.63) is 42.0 Å². The van der Waals surface area contributed by atoms with Crippen LogP contribution in [0.1, 0.15) is 18.1 Å². The summed E-state index contributed by atoms with van der Waals surface area (Å²) < 4.78 is 23.2. The average molecular weight is 437 g/mol. The molecule has 0 aromatic heterocycles. The van der Waals surface area contributed by atoms with Crippen molar-refractivity contribution < 1.29 is 8.42 Å². The number of nitrogens with zero attached hydrogens (tertiary/aromatic N) is 1. The lowest BCUT2D eigenvalue weighted by molar-refractivity contribution is 0.601. The molecule has 2 N–H and O–H groups in total. The number of rotatable bonds is 6. The topological polar surface area (TPSA) is 70.6 Å². The largest absolute Gasteiger partial charge is 0.357 e. The number of hydrogen-bond acceptors (Lipinski definition) is 3. The Morgan fingerprint density at radius 1 is 1.36 bits per heavy atom. The zero-order valence-electron chi connectivity index (χ0n) is 13.2. The zero-order chi connectivity index (χ0) is 15.9. The minimum absolute atomic E-state index is 0. The van der Waals surface area contributed by atoms with Gasteiger partial charge in [0.2, 0.25) is 0 Å². The van der Waals surface area contributed by atoms with Crippen LogP contribution in [0.5, 0.6) is 0 Å². The molecule has 5 nitrogen and oxygen atoms in total. The number of aryl methyl sites for hydroxylation is 1. The van der Waals surface area contributed by atoms with Gasteiger partial charge in [0.1, 0.15) is 0 Å². The Labute approximate surface area is 150 Å². The summed E-state index contributed by atoms with van der Waals surface area (Å²) in [4.78, 5) is 4.82. The van der Waals surface area contributed by atoms with Gasteiger partial charge in [0.25, 0.3) is 0 Å². The van der Waals surface area contributed by atoms with Crippen molar-refractivity contribution in [3.63, 3.8) is 0 Å². The predicted octanol–water partition coefficient (Wildman–Crippen LogP) is 2.26. The monoisotopic (exact) mass is 437 g/mol. The first kappa shape index (κ1) is 20.9. The van der Waals surface area contributed by atoms with Crippen LogP contribution in [0.3, 0.4) is 0 Å². The van der Waals surface area contributed by atoms with Crippen LogP contribution >= 0.6 is 24.0 Å². The summed E-state index contributed by atoms with van der Waals surface area (Å²) in [6.07, 6.45) is 2.98. The molecule has 1 rings (SSSR count). The molecule has 0 radical (unpaired) electrons. The fourth-order valence-corrected chi connectivity index (χ4v) is 2.87. The van der Waals surface area contributed by atoms with Crippen molar-refractivity contribution >= 4 is 39.8 Å². The third-order valence-electron chi connectivity index (χ3n) is 2.82. The Morgan fingerprint density at radius 3 is 2.55 bits per heavy atom. The summed E-state index contributed by atoms with van der Waals surface area (Å²) >= 11 is 0. The fraction of sp³-hybridized carbons (Fsp3) is 0.400. The lowest BCUT2D eigenvalue weighted by Gasteiger charge is -2.10. The Balaban J connectivity index is 0.00000441. The summed E-state index contributed by atoms with van der Waals surface area (Å²) in [6.45, 7) is 9.34. The Bertz CT molecular complexity index is 628. The van der Waals surface area contributed by atoms with Gasteiger partial charge in [-0.05, 0) is 31.0 Å². The number of aliphatic imine (C=N–C) groups is 1. The summed E-state index contributed by atoms with van der Waals surface area (Å²) in [5, 5.41) is 6.25. The summed E-state index contributed by atoms with van der Waals surface area (Å²) in [7, 11) is -3.17. The van der Waals surface area contributed by atoms with E-state index in [0.29, 0.717) is 23.9 Å². The van der Waals surface area contributed by atoms with Crippen LogP contribution in [0.4, 0.5) is 0 Å². The van der Waals surface area contributed by atoms with Gasteiger partial charge in [-0.2, -0.15) is 0 Å². The molecule has 0 aliphatic carbocycles. The number of guanidine groups is 1. The highest BCUT2D eigenvalue weighted by atomic mass is 127. The molecular weight excluding hydrogens is 413 g/mol. The molecular formula is C15H24IN3O2S. The second-order valence-electron chi connectivity index (χ2n) is 4.74. The Morgan fingerprint density at radius 2 is 2.05 bits per heavy atom. The van der Waals surface area contributed by atoms with Crippen molar-refractivity contribution in [1.29, 1.82) is 0 Å². The molecule has 0 spiro atoms. The highest BCUT2D eigenvalue weighted by molar-refractivity contribution is 14.0. The SMILES string of the molecule is C=CCNC(=NCc1ccc(S(C)(=O)=O)c(C)c1)NCC.I. The molecule has 0 bridgehead atoms. The van der Waals surface area contributed by atoms with E-state index in [2.05, 4.69) is 22.2 Å². The first-order valence-electron chi connectivity index (χ1n) is 6.81. The van der Waals surface area contributed by atoms with E-state index in [4.69, 9.17) is 0 Å². The lowest BCUT2D eigenvalue weighted by Crippen LogP contribution is -2.37. The van der Waals surface area contributed by atoms with Crippen LogP contribution in [0, 0.1) is 6.92 Å². The van der Waals surface area contributed by atoms with Gasteiger partial charge in [0.15, 0.2) is 15.8 Å². The number of sulfone groups is 1. The molecule has 1 aromatic rings. The Hall–Kier alpha value is -1.09. The minimum atomic E-state index is -3.17. The first-order valence-corrected chi connectivity index (χ1v) is 8.70. The van der Waals surface area contributed by atoms with Crippen LogP contribution in [0.15, 0.2) is 40.7 Å². The van der Waals surface area contributed by atoms with Crippen molar-refractivity contribution in [2.24, 2.45) is 4.99 Å². The van der Waals surface area contributed by atoms with E-state index in [9.17, 15) is 8.42 Å². The molecule has 0 heterocycles. The van der Waals surface area contributed by atoms with Gasteiger partial charge in [-0.1, -0.05) is 18.2 Å².